The van der Waals surface area contributed by atoms with E-state index in [9.17, 15) is 0 Å². The first kappa shape index (κ1) is 13.2. The minimum atomic E-state index is 0.280. The van der Waals surface area contributed by atoms with Crippen LogP contribution in [0.3, 0.4) is 0 Å². The maximum atomic E-state index is 5.55. The van der Waals surface area contributed by atoms with E-state index in [0.717, 1.165) is 32.1 Å². The van der Waals surface area contributed by atoms with Crippen LogP contribution in [0.1, 0.15) is 18.3 Å². The van der Waals surface area contributed by atoms with Gasteiger partial charge in [0.05, 0.1) is 25.8 Å². The normalized spacial score (nSPS) is 20.1. The fraction of sp³-hybridized carbons (Fsp3) is 0.500. The Kier molecular flexibility index (Phi) is 4.03. The smallest absolute Gasteiger partial charge is 0.165 e. The standard InChI is InChI=1S/C14H19N5O/c1-12-9-18(7-8-20-12)11-14-15-16-17-19(14)10-13-5-3-2-4-6-13/h2-6,12H,7-11H2,1H3. The Morgan fingerprint density at radius 1 is 1.25 bits per heavy atom. The number of hydrogen-bond acceptors (Lipinski definition) is 5. The summed E-state index contributed by atoms with van der Waals surface area (Å²) in [5.74, 6) is 0.906. The van der Waals surface area contributed by atoms with E-state index in [2.05, 4.69) is 39.5 Å². The molecule has 1 unspecified atom stereocenters. The van der Waals surface area contributed by atoms with E-state index in [1.54, 1.807) is 0 Å². The molecule has 1 saturated heterocycles. The van der Waals surface area contributed by atoms with Crippen LogP contribution in [0.25, 0.3) is 0 Å². The highest BCUT2D eigenvalue weighted by Crippen LogP contribution is 2.09. The molecule has 0 N–H and O–H groups in total. The molecule has 20 heavy (non-hydrogen) atoms. The molecule has 0 saturated carbocycles. The molecule has 0 radical (unpaired) electrons. The summed E-state index contributed by atoms with van der Waals surface area (Å²) in [6, 6.07) is 10.2. The summed E-state index contributed by atoms with van der Waals surface area (Å²) in [5.41, 5.74) is 1.20. The molecule has 2 aromatic rings. The van der Waals surface area contributed by atoms with Crippen molar-refractivity contribution in [3.05, 3.63) is 41.7 Å². The third-order valence-corrected chi connectivity index (χ3v) is 3.47. The minimum absolute atomic E-state index is 0.280. The molecule has 0 spiro atoms. The summed E-state index contributed by atoms with van der Waals surface area (Å²) in [6.45, 7) is 6.22. The highest BCUT2D eigenvalue weighted by molar-refractivity contribution is 5.14. The molecule has 0 bridgehead atoms. The largest absolute Gasteiger partial charge is 0.376 e. The second-order valence-corrected chi connectivity index (χ2v) is 5.15. The summed E-state index contributed by atoms with van der Waals surface area (Å²) in [6.07, 6.45) is 0.280. The molecule has 6 heteroatoms. The van der Waals surface area contributed by atoms with Crippen molar-refractivity contribution in [2.24, 2.45) is 0 Å². The van der Waals surface area contributed by atoms with Crippen LogP contribution in [0.5, 0.6) is 0 Å². The third-order valence-electron chi connectivity index (χ3n) is 3.47. The first-order valence-corrected chi connectivity index (χ1v) is 6.94. The maximum absolute atomic E-state index is 5.55. The quantitative estimate of drug-likeness (QED) is 0.830. The Hall–Kier alpha value is -1.79. The van der Waals surface area contributed by atoms with Gasteiger partial charge >= 0.3 is 0 Å². The zero-order chi connectivity index (χ0) is 13.8. The van der Waals surface area contributed by atoms with Crippen LogP contribution in [0.15, 0.2) is 30.3 Å². The lowest BCUT2D eigenvalue weighted by atomic mass is 10.2. The molecule has 1 fully saturated rings. The Morgan fingerprint density at radius 3 is 2.90 bits per heavy atom. The number of nitrogens with zero attached hydrogens (tertiary/aromatic N) is 5. The van der Waals surface area contributed by atoms with Gasteiger partial charge in [0.1, 0.15) is 0 Å². The Balaban J connectivity index is 1.67. The molecule has 106 valence electrons. The number of ether oxygens (including phenoxy) is 1. The second kappa shape index (κ2) is 6.11. The van der Waals surface area contributed by atoms with Gasteiger partial charge in [0.15, 0.2) is 5.82 Å². The van der Waals surface area contributed by atoms with Gasteiger partial charge in [0, 0.05) is 13.1 Å². The van der Waals surface area contributed by atoms with Crippen LogP contribution < -0.4 is 0 Å². The predicted molar refractivity (Wildman–Crippen MR) is 74.1 cm³/mol. The summed E-state index contributed by atoms with van der Waals surface area (Å²) in [4.78, 5) is 2.33. The van der Waals surface area contributed by atoms with E-state index in [1.807, 2.05) is 22.9 Å². The number of morpholine rings is 1. The molecule has 3 rings (SSSR count). The molecule has 2 heterocycles. The van der Waals surface area contributed by atoms with Crippen LogP contribution in [0.2, 0.25) is 0 Å². The summed E-state index contributed by atoms with van der Waals surface area (Å²) < 4.78 is 7.42. The van der Waals surface area contributed by atoms with Crippen LogP contribution in [-0.4, -0.2) is 50.9 Å². The van der Waals surface area contributed by atoms with Crippen molar-refractivity contribution in [1.82, 2.24) is 25.1 Å². The van der Waals surface area contributed by atoms with Crippen molar-refractivity contribution in [2.45, 2.75) is 26.1 Å². The Labute approximate surface area is 118 Å². The number of tetrazole rings is 1. The van der Waals surface area contributed by atoms with Crippen molar-refractivity contribution < 1.29 is 4.74 Å². The van der Waals surface area contributed by atoms with Crippen molar-refractivity contribution in [3.8, 4) is 0 Å². The number of benzene rings is 1. The highest BCUT2D eigenvalue weighted by Gasteiger charge is 2.19. The second-order valence-electron chi connectivity index (χ2n) is 5.15. The highest BCUT2D eigenvalue weighted by atomic mass is 16.5. The molecular formula is C14H19N5O. The predicted octanol–water partition coefficient (Wildman–Crippen LogP) is 0.942. The van der Waals surface area contributed by atoms with Crippen LogP contribution in [0.4, 0.5) is 0 Å². The SMILES string of the molecule is CC1CN(Cc2nnnn2Cc2ccccc2)CCO1. The van der Waals surface area contributed by atoms with Crippen molar-refractivity contribution in [3.63, 3.8) is 0 Å². The number of rotatable bonds is 4. The van der Waals surface area contributed by atoms with Gasteiger partial charge in [-0.1, -0.05) is 30.3 Å². The van der Waals surface area contributed by atoms with Gasteiger partial charge in [-0.3, -0.25) is 4.90 Å². The molecule has 0 amide bonds. The summed E-state index contributed by atoms with van der Waals surface area (Å²) in [7, 11) is 0. The monoisotopic (exact) mass is 273 g/mol. The fourth-order valence-electron chi connectivity index (χ4n) is 2.45. The van der Waals surface area contributed by atoms with Crippen molar-refractivity contribution >= 4 is 0 Å². The summed E-state index contributed by atoms with van der Waals surface area (Å²) >= 11 is 0. The maximum Gasteiger partial charge on any atom is 0.165 e. The van der Waals surface area contributed by atoms with E-state index in [4.69, 9.17) is 4.74 Å². The Morgan fingerprint density at radius 2 is 2.10 bits per heavy atom. The zero-order valence-electron chi connectivity index (χ0n) is 11.6. The lowest BCUT2D eigenvalue weighted by Gasteiger charge is -2.30. The lowest BCUT2D eigenvalue weighted by molar-refractivity contribution is -0.0223. The first-order chi connectivity index (χ1) is 9.81. The first-order valence-electron chi connectivity index (χ1n) is 6.94. The Bertz CT molecular complexity index is 542. The van der Waals surface area contributed by atoms with Gasteiger partial charge in [-0.2, -0.15) is 0 Å². The van der Waals surface area contributed by atoms with E-state index >= 15 is 0 Å². The zero-order valence-corrected chi connectivity index (χ0v) is 11.6. The van der Waals surface area contributed by atoms with Crippen LogP contribution in [-0.2, 0) is 17.8 Å². The van der Waals surface area contributed by atoms with Crippen molar-refractivity contribution in [1.29, 1.82) is 0 Å². The number of hydrogen-bond donors (Lipinski definition) is 0. The average molecular weight is 273 g/mol. The van der Waals surface area contributed by atoms with Gasteiger partial charge in [-0.25, -0.2) is 4.68 Å². The van der Waals surface area contributed by atoms with E-state index in [-0.39, 0.29) is 6.10 Å². The topological polar surface area (TPSA) is 56.1 Å². The van der Waals surface area contributed by atoms with Crippen molar-refractivity contribution in [2.75, 3.05) is 19.7 Å². The molecule has 1 aliphatic rings. The molecule has 1 aromatic carbocycles. The lowest BCUT2D eigenvalue weighted by Crippen LogP contribution is -2.41. The average Bonchev–Trinajstić information content (AvgIpc) is 2.87. The van der Waals surface area contributed by atoms with Gasteiger partial charge < -0.3 is 4.74 Å². The van der Waals surface area contributed by atoms with E-state index in [0.29, 0.717) is 6.54 Å². The summed E-state index contributed by atoms with van der Waals surface area (Å²) in [5, 5.41) is 12.1. The van der Waals surface area contributed by atoms with E-state index < -0.39 is 0 Å². The number of aromatic nitrogens is 4. The fourth-order valence-corrected chi connectivity index (χ4v) is 2.45. The molecule has 6 nitrogen and oxygen atoms in total. The third kappa shape index (κ3) is 3.20. The van der Waals surface area contributed by atoms with Gasteiger partial charge in [-0.05, 0) is 22.9 Å². The van der Waals surface area contributed by atoms with Gasteiger partial charge in [0.2, 0.25) is 0 Å². The van der Waals surface area contributed by atoms with Crippen LogP contribution in [0, 0.1) is 0 Å². The minimum Gasteiger partial charge on any atom is -0.376 e. The molecule has 1 aromatic heterocycles. The van der Waals surface area contributed by atoms with Gasteiger partial charge in [0.25, 0.3) is 0 Å². The van der Waals surface area contributed by atoms with E-state index in [1.165, 1.54) is 5.56 Å². The van der Waals surface area contributed by atoms with Gasteiger partial charge in [-0.15, -0.1) is 5.10 Å². The van der Waals surface area contributed by atoms with Crippen LogP contribution >= 0.6 is 0 Å². The molecule has 1 atom stereocenters. The molecular weight excluding hydrogens is 254 g/mol. The molecule has 1 aliphatic heterocycles. The molecule has 0 aliphatic carbocycles.